The molecule has 1 saturated carbocycles. The minimum atomic E-state index is -0.144. The van der Waals surface area contributed by atoms with E-state index in [1.165, 1.54) is 32.1 Å². The van der Waals surface area contributed by atoms with Crippen LogP contribution in [0.15, 0.2) is 29.1 Å². The van der Waals surface area contributed by atoms with Crippen molar-refractivity contribution in [2.24, 2.45) is 0 Å². The van der Waals surface area contributed by atoms with Gasteiger partial charge < -0.3 is 24.8 Å². The van der Waals surface area contributed by atoms with Crippen LogP contribution in [0.5, 0.6) is 5.75 Å². The van der Waals surface area contributed by atoms with Gasteiger partial charge in [-0.1, -0.05) is 19.3 Å². The topological polar surface area (TPSA) is 77.7 Å². The molecule has 7 heteroatoms. The fraction of sp³-hybridized carbons (Fsp3) is 0.583. The number of carbonyl (C=O) groups is 1. The monoisotopic (exact) mass is 426 g/mol. The third-order valence-corrected chi connectivity index (χ3v) is 6.59. The number of ether oxygens (including phenoxy) is 1. The fourth-order valence-electron chi connectivity index (χ4n) is 4.71. The number of pyridine rings is 1. The number of hydrogen-bond acceptors (Lipinski definition) is 4. The highest BCUT2D eigenvalue weighted by Crippen LogP contribution is 2.20. The molecule has 2 fully saturated rings. The highest BCUT2D eigenvalue weighted by Gasteiger charge is 2.22. The molecule has 1 aromatic carbocycles. The van der Waals surface area contributed by atoms with E-state index in [-0.39, 0.29) is 17.6 Å². The van der Waals surface area contributed by atoms with E-state index < -0.39 is 0 Å². The zero-order valence-electron chi connectivity index (χ0n) is 18.5. The first-order valence-corrected chi connectivity index (χ1v) is 11.6. The molecule has 31 heavy (non-hydrogen) atoms. The molecule has 2 aliphatic rings. The maximum absolute atomic E-state index is 13.2. The minimum Gasteiger partial charge on any atom is -0.497 e. The van der Waals surface area contributed by atoms with E-state index in [1.54, 1.807) is 7.11 Å². The Hall–Kier alpha value is -2.54. The molecule has 7 nitrogen and oxygen atoms in total. The average molecular weight is 427 g/mol. The summed E-state index contributed by atoms with van der Waals surface area (Å²) in [4.78, 5) is 33.1. The Morgan fingerprint density at radius 1 is 1.16 bits per heavy atom. The Morgan fingerprint density at radius 2 is 1.94 bits per heavy atom. The molecule has 2 aromatic rings. The lowest BCUT2D eigenvalue weighted by molar-refractivity contribution is 0.178. The zero-order chi connectivity index (χ0) is 21.6. The number of nitrogens with one attached hydrogen (secondary N) is 2. The van der Waals surface area contributed by atoms with E-state index >= 15 is 0 Å². The van der Waals surface area contributed by atoms with Crippen LogP contribution in [0.2, 0.25) is 0 Å². The summed E-state index contributed by atoms with van der Waals surface area (Å²) in [5.41, 5.74) is 1.22. The quantitative estimate of drug-likeness (QED) is 0.711. The summed E-state index contributed by atoms with van der Waals surface area (Å²) in [6.45, 7) is 3.95. The van der Waals surface area contributed by atoms with E-state index in [1.807, 2.05) is 29.2 Å². The van der Waals surface area contributed by atoms with Crippen molar-refractivity contribution >= 4 is 16.9 Å². The van der Waals surface area contributed by atoms with Gasteiger partial charge >= 0.3 is 6.03 Å². The van der Waals surface area contributed by atoms with Crippen molar-refractivity contribution in [3.63, 3.8) is 0 Å². The Kier molecular flexibility index (Phi) is 7.12. The van der Waals surface area contributed by atoms with Crippen LogP contribution in [0.3, 0.4) is 0 Å². The molecular weight excluding hydrogens is 392 g/mol. The van der Waals surface area contributed by atoms with Gasteiger partial charge in [-0.15, -0.1) is 0 Å². The van der Waals surface area contributed by atoms with Gasteiger partial charge in [-0.2, -0.15) is 0 Å². The van der Waals surface area contributed by atoms with Crippen molar-refractivity contribution in [3.05, 3.63) is 40.2 Å². The molecule has 2 N–H and O–H groups in total. The molecule has 0 atom stereocenters. The molecule has 0 radical (unpaired) electrons. The number of nitrogens with zero attached hydrogens (tertiary/aromatic N) is 2. The summed E-state index contributed by atoms with van der Waals surface area (Å²) in [5.74, 6) is 0.742. The highest BCUT2D eigenvalue weighted by molar-refractivity contribution is 5.81. The third-order valence-electron chi connectivity index (χ3n) is 6.59. The molecule has 0 bridgehead atoms. The van der Waals surface area contributed by atoms with Gasteiger partial charge in [0.15, 0.2) is 0 Å². The van der Waals surface area contributed by atoms with Crippen LogP contribution >= 0.6 is 0 Å². The standard InChI is InChI=1S/C24H34N4O3/c1-31-21-9-10-22-18(16-21)15-19(23(29)26-22)17-28(14-13-27-11-5-6-12-27)24(30)25-20-7-3-2-4-8-20/h9-10,15-16,20H,2-8,11-14,17H2,1H3,(H,25,30)(H,26,29). The number of H-pyrrole nitrogens is 1. The second-order valence-corrected chi connectivity index (χ2v) is 8.83. The summed E-state index contributed by atoms with van der Waals surface area (Å²) in [6.07, 6.45) is 8.13. The minimum absolute atomic E-state index is 0.0590. The maximum atomic E-state index is 13.2. The molecule has 2 heterocycles. The van der Waals surface area contributed by atoms with Crippen molar-refractivity contribution in [2.75, 3.05) is 33.3 Å². The Labute approximate surface area is 183 Å². The summed E-state index contributed by atoms with van der Waals surface area (Å²) in [7, 11) is 1.63. The number of urea groups is 1. The fourth-order valence-corrected chi connectivity index (χ4v) is 4.71. The highest BCUT2D eigenvalue weighted by atomic mass is 16.5. The molecule has 0 spiro atoms. The predicted molar refractivity (Wildman–Crippen MR) is 123 cm³/mol. The number of hydrogen-bond donors (Lipinski definition) is 2. The Bertz CT molecular complexity index is 945. The lowest BCUT2D eigenvalue weighted by Gasteiger charge is -2.29. The van der Waals surface area contributed by atoms with E-state index in [0.29, 0.717) is 18.7 Å². The van der Waals surface area contributed by atoms with E-state index in [9.17, 15) is 9.59 Å². The van der Waals surface area contributed by atoms with E-state index in [4.69, 9.17) is 4.74 Å². The summed E-state index contributed by atoms with van der Waals surface area (Å²) >= 11 is 0. The number of likely N-dealkylation sites (tertiary alicyclic amines) is 1. The molecule has 1 saturated heterocycles. The first-order valence-electron chi connectivity index (χ1n) is 11.6. The maximum Gasteiger partial charge on any atom is 0.317 e. The van der Waals surface area contributed by atoms with Gasteiger partial charge in [-0.05, 0) is 63.0 Å². The van der Waals surface area contributed by atoms with Crippen molar-refractivity contribution in [1.29, 1.82) is 0 Å². The van der Waals surface area contributed by atoms with E-state index in [2.05, 4.69) is 15.2 Å². The van der Waals surface area contributed by atoms with Gasteiger partial charge in [0.1, 0.15) is 5.75 Å². The molecule has 168 valence electrons. The lowest BCUT2D eigenvalue weighted by atomic mass is 9.96. The van der Waals surface area contributed by atoms with Crippen LogP contribution in [-0.2, 0) is 6.54 Å². The summed E-state index contributed by atoms with van der Waals surface area (Å²) < 4.78 is 5.32. The van der Waals surface area contributed by atoms with Crippen LogP contribution in [0.4, 0.5) is 4.79 Å². The Balaban J connectivity index is 1.52. The average Bonchev–Trinajstić information content (AvgIpc) is 3.31. The zero-order valence-corrected chi connectivity index (χ0v) is 18.5. The largest absolute Gasteiger partial charge is 0.497 e. The summed E-state index contributed by atoms with van der Waals surface area (Å²) in [6, 6.07) is 7.66. The van der Waals surface area contributed by atoms with Gasteiger partial charge in [-0.3, -0.25) is 4.79 Å². The third kappa shape index (κ3) is 5.58. The van der Waals surface area contributed by atoms with E-state index in [0.717, 1.165) is 49.1 Å². The number of benzene rings is 1. The molecule has 1 aliphatic heterocycles. The van der Waals surface area contributed by atoms with Crippen LogP contribution in [0.25, 0.3) is 10.9 Å². The molecular formula is C24H34N4O3. The van der Waals surface area contributed by atoms with Crippen molar-refractivity contribution in [3.8, 4) is 5.75 Å². The van der Waals surface area contributed by atoms with Gasteiger partial charge in [-0.25, -0.2) is 4.79 Å². The molecule has 0 unspecified atom stereocenters. The predicted octanol–water partition coefficient (Wildman–Crippen LogP) is 3.48. The normalized spacial score (nSPS) is 17.7. The van der Waals surface area contributed by atoms with Crippen LogP contribution in [0, 0.1) is 0 Å². The van der Waals surface area contributed by atoms with Gasteiger partial charge in [0.2, 0.25) is 0 Å². The number of aromatic amines is 1. The smallest absolute Gasteiger partial charge is 0.317 e. The Morgan fingerprint density at radius 3 is 2.68 bits per heavy atom. The van der Waals surface area contributed by atoms with Crippen molar-refractivity contribution in [1.82, 2.24) is 20.1 Å². The van der Waals surface area contributed by atoms with Crippen LogP contribution in [-0.4, -0.2) is 60.1 Å². The lowest BCUT2D eigenvalue weighted by Crippen LogP contribution is -2.47. The second kappa shape index (κ2) is 10.2. The SMILES string of the molecule is COc1ccc2[nH]c(=O)c(CN(CCN3CCCC3)C(=O)NC3CCCCC3)cc2c1. The first kappa shape index (κ1) is 21.7. The molecule has 1 aliphatic carbocycles. The number of aromatic nitrogens is 1. The van der Waals surface area contributed by atoms with Crippen LogP contribution < -0.4 is 15.6 Å². The van der Waals surface area contributed by atoms with Gasteiger partial charge in [0, 0.05) is 35.6 Å². The first-order chi connectivity index (χ1) is 15.1. The van der Waals surface area contributed by atoms with Gasteiger partial charge in [0.05, 0.1) is 13.7 Å². The van der Waals surface area contributed by atoms with Crippen molar-refractivity contribution < 1.29 is 9.53 Å². The number of amides is 2. The molecule has 2 amide bonds. The number of rotatable bonds is 7. The van der Waals surface area contributed by atoms with Crippen LogP contribution in [0.1, 0.15) is 50.5 Å². The number of methoxy groups -OCH3 is 1. The summed E-state index contributed by atoms with van der Waals surface area (Å²) in [5, 5.41) is 4.13. The number of carbonyl (C=O) groups excluding carboxylic acids is 1. The number of fused-ring (bicyclic) bond motifs is 1. The second-order valence-electron chi connectivity index (χ2n) is 8.83. The molecule has 4 rings (SSSR count). The molecule has 1 aromatic heterocycles. The van der Waals surface area contributed by atoms with Gasteiger partial charge in [0.25, 0.3) is 5.56 Å². The van der Waals surface area contributed by atoms with Crippen molar-refractivity contribution in [2.45, 2.75) is 57.5 Å².